The van der Waals surface area contributed by atoms with Gasteiger partial charge in [0.25, 0.3) is 0 Å². The molecule has 2 heterocycles. The second-order valence-corrected chi connectivity index (χ2v) is 6.80. The van der Waals surface area contributed by atoms with Crippen LogP contribution in [-0.2, 0) is 6.61 Å². The summed E-state index contributed by atoms with van der Waals surface area (Å²) in [6.45, 7) is 0.564. The summed E-state index contributed by atoms with van der Waals surface area (Å²) in [5, 5.41) is 8.30. The molecule has 0 unspecified atom stereocenters. The second-order valence-electron chi connectivity index (χ2n) is 6.02. The van der Waals surface area contributed by atoms with Crippen molar-refractivity contribution in [1.29, 1.82) is 0 Å². The first kappa shape index (κ1) is 18.1. The van der Waals surface area contributed by atoms with Gasteiger partial charge in [0.15, 0.2) is 11.5 Å². The van der Waals surface area contributed by atoms with E-state index < -0.39 is 0 Å². The summed E-state index contributed by atoms with van der Waals surface area (Å²) in [6, 6.07) is 13.5. The van der Waals surface area contributed by atoms with Crippen LogP contribution in [0, 0.1) is 0 Å². The van der Waals surface area contributed by atoms with Gasteiger partial charge in [-0.2, -0.15) is 11.3 Å². The standard InChI is InChI=1S/C21H19N3O3S/c1-25-19-9-17-18(10-20(19)26-2)22-13-23-21(17)24-15-3-5-16(6-4-15)27-11-14-7-8-28-12-14/h3-10,12-13H,11H2,1-2H3,(H,22,23,24). The van der Waals surface area contributed by atoms with Crippen LogP contribution >= 0.6 is 11.3 Å². The minimum Gasteiger partial charge on any atom is -0.493 e. The summed E-state index contributed by atoms with van der Waals surface area (Å²) in [4.78, 5) is 8.70. The van der Waals surface area contributed by atoms with E-state index in [-0.39, 0.29) is 0 Å². The third-order valence-corrected chi connectivity index (χ3v) is 4.98. The SMILES string of the molecule is COc1cc2ncnc(Nc3ccc(OCc4ccsc4)cc3)c2cc1OC. The van der Waals surface area contributed by atoms with Crippen molar-refractivity contribution in [1.82, 2.24) is 9.97 Å². The molecule has 0 saturated heterocycles. The first-order valence-electron chi connectivity index (χ1n) is 8.64. The van der Waals surface area contributed by atoms with Gasteiger partial charge >= 0.3 is 0 Å². The van der Waals surface area contributed by atoms with Gasteiger partial charge in [-0.1, -0.05) is 0 Å². The fourth-order valence-corrected chi connectivity index (χ4v) is 3.45. The molecule has 0 saturated carbocycles. The highest BCUT2D eigenvalue weighted by Crippen LogP contribution is 2.34. The van der Waals surface area contributed by atoms with E-state index in [9.17, 15) is 0 Å². The molecule has 0 aliphatic rings. The molecular weight excluding hydrogens is 374 g/mol. The molecule has 2 aromatic carbocycles. The van der Waals surface area contributed by atoms with Crippen LogP contribution in [0.1, 0.15) is 5.56 Å². The number of anilines is 2. The molecule has 142 valence electrons. The highest BCUT2D eigenvalue weighted by molar-refractivity contribution is 7.07. The maximum Gasteiger partial charge on any atom is 0.162 e. The van der Waals surface area contributed by atoms with Crippen LogP contribution in [0.25, 0.3) is 10.9 Å². The largest absolute Gasteiger partial charge is 0.493 e. The quantitative estimate of drug-likeness (QED) is 0.475. The van der Waals surface area contributed by atoms with Crippen LogP contribution in [0.5, 0.6) is 17.2 Å². The molecule has 28 heavy (non-hydrogen) atoms. The molecule has 0 fully saturated rings. The third-order valence-electron chi connectivity index (χ3n) is 4.24. The van der Waals surface area contributed by atoms with Crippen molar-refractivity contribution in [2.75, 3.05) is 19.5 Å². The summed E-state index contributed by atoms with van der Waals surface area (Å²) in [5.41, 5.74) is 2.84. The van der Waals surface area contributed by atoms with Crippen molar-refractivity contribution < 1.29 is 14.2 Å². The van der Waals surface area contributed by atoms with Gasteiger partial charge in [0.2, 0.25) is 0 Å². The van der Waals surface area contributed by atoms with Gasteiger partial charge in [-0.15, -0.1) is 0 Å². The van der Waals surface area contributed by atoms with E-state index in [0.29, 0.717) is 23.9 Å². The molecule has 0 amide bonds. The Labute approximate surface area is 166 Å². The van der Waals surface area contributed by atoms with Crippen LogP contribution in [0.15, 0.2) is 59.6 Å². The molecule has 0 aliphatic carbocycles. The Morgan fingerprint density at radius 1 is 0.964 bits per heavy atom. The maximum absolute atomic E-state index is 5.80. The average molecular weight is 393 g/mol. The number of benzene rings is 2. The van der Waals surface area contributed by atoms with Gasteiger partial charge in [-0.05, 0) is 52.7 Å². The van der Waals surface area contributed by atoms with Crippen molar-refractivity contribution in [3.05, 3.63) is 65.1 Å². The van der Waals surface area contributed by atoms with E-state index in [1.807, 2.05) is 41.8 Å². The van der Waals surface area contributed by atoms with Crippen molar-refractivity contribution >= 4 is 33.7 Å². The molecule has 1 N–H and O–H groups in total. The summed E-state index contributed by atoms with van der Waals surface area (Å²) >= 11 is 1.67. The molecule has 7 heteroatoms. The molecule has 2 aromatic heterocycles. The van der Waals surface area contributed by atoms with Gasteiger partial charge in [-0.25, -0.2) is 9.97 Å². The van der Waals surface area contributed by atoms with Crippen LogP contribution in [0.4, 0.5) is 11.5 Å². The molecule has 0 bridgehead atoms. The number of rotatable bonds is 7. The summed E-state index contributed by atoms with van der Waals surface area (Å²) < 4.78 is 16.5. The van der Waals surface area contributed by atoms with E-state index in [0.717, 1.165) is 22.3 Å². The topological polar surface area (TPSA) is 65.5 Å². The van der Waals surface area contributed by atoms with Crippen LogP contribution in [0.3, 0.4) is 0 Å². The van der Waals surface area contributed by atoms with Crippen LogP contribution < -0.4 is 19.5 Å². The fraction of sp³-hybridized carbons (Fsp3) is 0.143. The van der Waals surface area contributed by atoms with Crippen LogP contribution in [0.2, 0.25) is 0 Å². The van der Waals surface area contributed by atoms with Gasteiger partial charge in [0.1, 0.15) is 24.5 Å². The summed E-state index contributed by atoms with van der Waals surface area (Å²) in [7, 11) is 3.21. The van der Waals surface area contributed by atoms with Gasteiger partial charge in [-0.3, -0.25) is 0 Å². The third kappa shape index (κ3) is 3.84. The number of ether oxygens (including phenoxy) is 3. The number of nitrogens with one attached hydrogen (secondary N) is 1. The zero-order valence-corrected chi connectivity index (χ0v) is 16.3. The lowest BCUT2D eigenvalue weighted by Crippen LogP contribution is -1.98. The van der Waals surface area contributed by atoms with Crippen LogP contribution in [-0.4, -0.2) is 24.2 Å². The van der Waals surface area contributed by atoms with E-state index in [1.165, 1.54) is 11.9 Å². The Kier molecular flexibility index (Phi) is 5.25. The normalized spacial score (nSPS) is 10.6. The molecule has 0 spiro atoms. The molecule has 0 aliphatic heterocycles. The second kappa shape index (κ2) is 8.14. The van der Waals surface area contributed by atoms with E-state index in [2.05, 4.69) is 26.7 Å². The monoisotopic (exact) mass is 393 g/mol. The minimum absolute atomic E-state index is 0.564. The predicted octanol–water partition coefficient (Wildman–Crippen LogP) is 5.03. The Bertz CT molecular complexity index is 1070. The summed E-state index contributed by atoms with van der Waals surface area (Å²) in [5.74, 6) is 2.77. The Hall–Kier alpha value is -3.32. The Balaban J connectivity index is 1.54. The number of fused-ring (bicyclic) bond motifs is 1. The van der Waals surface area contributed by atoms with Gasteiger partial charge in [0.05, 0.1) is 19.7 Å². The predicted molar refractivity (Wildman–Crippen MR) is 111 cm³/mol. The van der Waals surface area contributed by atoms with Crippen molar-refractivity contribution in [2.24, 2.45) is 0 Å². The molecule has 4 aromatic rings. The number of methoxy groups -OCH3 is 2. The average Bonchev–Trinajstić information content (AvgIpc) is 3.26. The number of thiophene rings is 1. The molecule has 0 atom stereocenters. The fourth-order valence-electron chi connectivity index (χ4n) is 2.80. The van der Waals surface area contributed by atoms with E-state index in [4.69, 9.17) is 14.2 Å². The minimum atomic E-state index is 0.564. The molecular formula is C21H19N3O3S. The first-order valence-corrected chi connectivity index (χ1v) is 9.59. The lowest BCUT2D eigenvalue weighted by Gasteiger charge is -2.12. The number of hydrogen-bond acceptors (Lipinski definition) is 7. The molecule has 0 radical (unpaired) electrons. The van der Waals surface area contributed by atoms with E-state index >= 15 is 0 Å². The van der Waals surface area contributed by atoms with Crippen molar-refractivity contribution in [3.63, 3.8) is 0 Å². The number of aromatic nitrogens is 2. The zero-order chi connectivity index (χ0) is 19.3. The highest BCUT2D eigenvalue weighted by Gasteiger charge is 2.11. The highest BCUT2D eigenvalue weighted by atomic mass is 32.1. The Morgan fingerprint density at radius 3 is 2.46 bits per heavy atom. The number of hydrogen-bond donors (Lipinski definition) is 1. The van der Waals surface area contributed by atoms with Gasteiger partial charge < -0.3 is 19.5 Å². The lowest BCUT2D eigenvalue weighted by atomic mass is 10.2. The maximum atomic E-state index is 5.80. The lowest BCUT2D eigenvalue weighted by molar-refractivity contribution is 0.307. The number of nitrogens with zero attached hydrogens (tertiary/aromatic N) is 2. The van der Waals surface area contributed by atoms with Crippen molar-refractivity contribution in [3.8, 4) is 17.2 Å². The Morgan fingerprint density at radius 2 is 1.75 bits per heavy atom. The smallest absolute Gasteiger partial charge is 0.162 e. The van der Waals surface area contributed by atoms with Crippen molar-refractivity contribution in [2.45, 2.75) is 6.61 Å². The first-order chi connectivity index (χ1) is 13.8. The molecule has 4 rings (SSSR count). The van der Waals surface area contributed by atoms with Gasteiger partial charge in [0, 0.05) is 17.1 Å². The zero-order valence-electron chi connectivity index (χ0n) is 15.5. The summed E-state index contributed by atoms with van der Waals surface area (Å²) in [6.07, 6.45) is 1.52. The van der Waals surface area contributed by atoms with E-state index in [1.54, 1.807) is 25.6 Å². The molecule has 6 nitrogen and oxygen atoms in total.